The van der Waals surface area contributed by atoms with E-state index in [1.165, 1.54) is 19.3 Å². The lowest BCUT2D eigenvalue weighted by Crippen LogP contribution is -2.15. The lowest BCUT2D eigenvalue weighted by molar-refractivity contribution is -0.143. The smallest absolute Gasteiger partial charge is 0.305 e. The minimum absolute atomic E-state index is 0.129. The number of carbonyl (C=O) groups is 1. The maximum absolute atomic E-state index is 11.5. The van der Waals surface area contributed by atoms with Crippen molar-refractivity contribution in [2.24, 2.45) is 0 Å². The van der Waals surface area contributed by atoms with Crippen LogP contribution in [0.15, 0.2) is 29.4 Å². The van der Waals surface area contributed by atoms with Crippen LogP contribution in [0.5, 0.6) is 5.75 Å². The van der Waals surface area contributed by atoms with Crippen molar-refractivity contribution in [2.45, 2.75) is 63.1 Å². The molecule has 0 aliphatic heterocycles. The topological polar surface area (TPSA) is 66.2 Å². The van der Waals surface area contributed by atoms with E-state index in [2.05, 4.69) is 14.8 Å². The summed E-state index contributed by atoms with van der Waals surface area (Å²) in [6.07, 6.45) is 7.35. The molecule has 0 radical (unpaired) electrons. The Morgan fingerprint density at radius 1 is 1.18 bits per heavy atom. The molecule has 152 valence electrons. The van der Waals surface area contributed by atoms with E-state index in [1.54, 1.807) is 18.9 Å². The third-order valence-electron chi connectivity index (χ3n) is 5.01. The second-order valence-corrected chi connectivity index (χ2v) is 8.02. The Morgan fingerprint density at radius 3 is 2.61 bits per heavy atom. The van der Waals surface area contributed by atoms with E-state index in [1.807, 2.05) is 31.2 Å². The monoisotopic (exact) mass is 403 g/mol. The van der Waals surface area contributed by atoms with Crippen molar-refractivity contribution in [3.05, 3.63) is 24.3 Å². The van der Waals surface area contributed by atoms with Crippen molar-refractivity contribution < 1.29 is 14.3 Å². The van der Waals surface area contributed by atoms with E-state index in [4.69, 9.17) is 9.47 Å². The summed E-state index contributed by atoms with van der Waals surface area (Å²) >= 11 is 1.68. The van der Waals surface area contributed by atoms with Crippen molar-refractivity contribution >= 4 is 17.7 Å². The van der Waals surface area contributed by atoms with Crippen LogP contribution >= 0.6 is 11.8 Å². The molecule has 1 saturated carbocycles. The van der Waals surface area contributed by atoms with Gasteiger partial charge in [0.15, 0.2) is 11.0 Å². The van der Waals surface area contributed by atoms with E-state index in [9.17, 15) is 4.79 Å². The molecule has 1 aliphatic rings. The molecular weight excluding hydrogens is 374 g/mol. The molecule has 7 heteroatoms. The lowest BCUT2D eigenvalue weighted by atomic mass is 9.95. The number of thioether (sulfide) groups is 1. The van der Waals surface area contributed by atoms with Crippen LogP contribution in [0.2, 0.25) is 0 Å². The number of methoxy groups -OCH3 is 1. The molecule has 0 saturated heterocycles. The number of hydrogen-bond acceptors (Lipinski definition) is 6. The fourth-order valence-electron chi connectivity index (χ4n) is 3.59. The molecule has 0 N–H and O–H groups in total. The van der Waals surface area contributed by atoms with Crippen molar-refractivity contribution in [2.75, 3.05) is 19.5 Å². The minimum Gasteiger partial charge on any atom is -0.497 e. The molecule has 1 aromatic heterocycles. The molecule has 1 aromatic carbocycles. The minimum atomic E-state index is -0.129. The summed E-state index contributed by atoms with van der Waals surface area (Å²) in [5.74, 6) is 2.45. The molecule has 28 heavy (non-hydrogen) atoms. The number of carbonyl (C=O) groups excluding carboxylic acids is 1. The Labute approximate surface area is 171 Å². The van der Waals surface area contributed by atoms with Gasteiger partial charge in [-0.1, -0.05) is 31.0 Å². The fourth-order valence-corrected chi connectivity index (χ4v) is 4.54. The first-order chi connectivity index (χ1) is 13.7. The molecule has 0 unspecified atom stereocenters. The fraction of sp³-hybridized carbons (Fsp3) is 0.571. The van der Waals surface area contributed by atoms with Crippen LogP contribution < -0.4 is 4.74 Å². The quantitative estimate of drug-likeness (QED) is 0.337. The standard InChI is InChI=1S/C21H29N3O3S/c1-3-27-19(25)10-7-15-28-21-23-22-20(16-11-13-18(26-2)14-12-16)24(21)17-8-5-4-6-9-17/h11-14,17H,3-10,15H2,1-2H3. The number of benzene rings is 1. The Hall–Kier alpha value is -2.02. The lowest BCUT2D eigenvalue weighted by Gasteiger charge is -2.25. The number of esters is 1. The van der Waals surface area contributed by atoms with E-state index in [0.717, 1.165) is 47.3 Å². The van der Waals surface area contributed by atoms with Gasteiger partial charge in [-0.05, 0) is 50.5 Å². The van der Waals surface area contributed by atoms with Crippen molar-refractivity contribution in [1.82, 2.24) is 14.8 Å². The Morgan fingerprint density at radius 2 is 1.93 bits per heavy atom. The van der Waals surface area contributed by atoms with E-state index < -0.39 is 0 Å². The molecule has 6 nitrogen and oxygen atoms in total. The Kier molecular flexibility index (Phi) is 7.77. The summed E-state index contributed by atoms with van der Waals surface area (Å²) in [6, 6.07) is 8.44. The highest BCUT2D eigenvalue weighted by Gasteiger charge is 2.23. The van der Waals surface area contributed by atoms with Crippen LogP contribution in [0.1, 0.15) is 57.9 Å². The van der Waals surface area contributed by atoms with Crippen molar-refractivity contribution in [3.63, 3.8) is 0 Å². The normalized spacial score (nSPS) is 14.8. The first-order valence-corrected chi connectivity index (χ1v) is 11.1. The van der Waals surface area contributed by atoms with Gasteiger partial charge in [0.1, 0.15) is 5.75 Å². The summed E-state index contributed by atoms with van der Waals surface area (Å²) in [4.78, 5) is 11.5. The summed E-state index contributed by atoms with van der Waals surface area (Å²) < 4.78 is 12.6. The first-order valence-electron chi connectivity index (χ1n) is 10.1. The molecule has 0 bridgehead atoms. The zero-order valence-electron chi connectivity index (χ0n) is 16.7. The van der Waals surface area contributed by atoms with E-state index in [-0.39, 0.29) is 5.97 Å². The van der Waals surface area contributed by atoms with Crippen LogP contribution in [0.25, 0.3) is 11.4 Å². The predicted molar refractivity (Wildman–Crippen MR) is 111 cm³/mol. The van der Waals surface area contributed by atoms with E-state index >= 15 is 0 Å². The van der Waals surface area contributed by atoms with Crippen LogP contribution in [0.3, 0.4) is 0 Å². The molecule has 0 atom stereocenters. The molecule has 2 aromatic rings. The van der Waals surface area contributed by atoms with Gasteiger partial charge in [-0.25, -0.2) is 0 Å². The van der Waals surface area contributed by atoms with Crippen molar-refractivity contribution in [3.8, 4) is 17.1 Å². The SMILES string of the molecule is CCOC(=O)CCCSc1nnc(-c2ccc(OC)cc2)n1C1CCCCC1. The maximum Gasteiger partial charge on any atom is 0.305 e. The van der Waals surface area contributed by atoms with Crippen LogP contribution in [0, 0.1) is 0 Å². The molecule has 0 amide bonds. The second-order valence-electron chi connectivity index (χ2n) is 6.95. The zero-order chi connectivity index (χ0) is 19.8. The molecular formula is C21H29N3O3S. The summed E-state index contributed by atoms with van der Waals surface area (Å²) in [5.41, 5.74) is 1.05. The van der Waals surface area contributed by atoms with Crippen molar-refractivity contribution in [1.29, 1.82) is 0 Å². The molecule has 0 spiro atoms. The molecule has 1 aliphatic carbocycles. The number of ether oxygens (including phenoxy) is 2. The third-order valence-corrected chi connectivity index (χ3v) is 6.04. The van der Waals surface area contributed by atoms with E-state index in [0.29, 0.717) is 19.1 Å². The van der Waals surface area contributed by atoms with Gasteiger partial charge < -0.3 is 9.47 Å². The molecule has 3 rings (SSSR count). The van der Waals surface area contributed by atoms with Gasteiger partial charge in [0.2, 0.25) is 0 Å². The largest absolute Gasteiger partial charge is 0.497 e. The number of rotatable bonds is 9. The molecule has 1 heterocycles. The summed E-state index contributed by atoms with van der Waals surface area (Å²) in [5, 5.41) is 9.96. The molecule has 1 fully saturated rings. The average molecular weight is 404 g/mol. The number of hydrogen-bond donors (Lipinski definition) is 0. The van der Waals surface area contributed by atoms with Gasteiger partial charge in [-0.2, -0.15) is 0 Å². The van der Waals surface area contributed by atoms with Crippen LogP contribution in [-0.2, 0) is 9.53 Å². The van der Waals surface area contributed by atoms with Gasteiger partial charge >= 0.3 is 5.97 Å². The highest BCUT2D eigenvalue weighted by molar-refractivity contribution is 7.99. The third kappa shape index (κ3) is 5.28. The number of nitrogens with zero attached hydrogens (tertiary/aromatic N) is 3. The maximum atomic E-state index is 11.5. The highest BCUT2D eigenvalue weighted by Crippen LogP contribution is 2.36. The predicted octanol–water partition coefficient (Wildman–Crippen LogP) is 4.89. The number of aromatic nitrogens is 3. The van der Waals surface area contributed by atoms with Gasteiger partial charge in [0.25, 0.3) is 0 Å². The van der Waals surface area contributed by atoms with Gasteiger partial charge in [0.05, 0.1) is 13.7 Å². The van der Waals surface area contributed by atoms with Crippen LogP contribution in [-0.4, -0.2) is 40.2 Å². The summed E-state index contributed by atoms with van der Waals surface area (Å²) in [7, 11) is 1.67. The first kappa shape index (κ1) is 20.7. The van der Waals surface area contributed by atoms with Gasteiger partial charge in [-0.3, -0.25) is 9.36 Å². The van der Waals surface area contributed by atoms with Gasteiger partial charge in [-0.15, -0.1) is 10.2 Å². The highest BCUT2D eigenvalue weighted by atomic mass is 32.2. The second kappa shape index (κ2) is 10.5. The average Bonchev–Trinajstić information content (AvgIpc) is 3.16. The van der Waals surface area contributed by atoms with Crippen LogP contribution in [0.4, 0.5) is 0 Å². The Bertz CT molecular complexity index is 755. The summed E-state index contributed by atoms with van der Waals surface area (Å²) in [6.45, 7) is 2.27. The zero-order valence-corrected chi connectivity index (χ0v) is 17.5. The van der Waals surface area contributed by atoms with Gasteiger partial charge in [0, 0.05) is 23.8 Å². The Balaban J connectivity index is 1.75.